The summed E-state index contributed by atoms with van der Waals surface area (Å²) in [6.07, 6.45) is 5.98. The third-order valence-electron chi connectivity index (χ3n) is 3.11. The molecule has 0 aromatic rings. The molecule has 0 aromatic heterocycles. The lowest BCUT2D eigenvalue weighted by Crippen LogP contribution is -2.38. The van der Waals surface area contributed by atoms with E-state index in [-0.39, 0.29) is 19.2 Å². The highest BCUT2D eigenvalue weighted by Crippen LogP contribution is 2.11. The molecule has 0 aliphatic carbocycles. The Hall–Kier alpha value is -2.36. The minimum atomic E-state index is -0.667. The lowest BCUT2D eigenvalue weighted by atomic mass is 10.0. The van der Waals surface area contributed by atoms with Gasteiger partial charge in [-0.1, -0.05) is 37.5 Å². The summed E-state index contributed by atoms with van der Waals surface area (Å²) in [5.41, 5.74) is 1.51. The van der Waals surface area contributed by atoms with E-state index in [9.17, 15) is 9.59 Å². The Kier molecular flexibility index (Phi) is 11.8. The molecule has 0 aromatic carbocycles. The Labute approximate surface area is 143 Å². The second-order valence-electron chi connectivity index (χ2n) is 4.74. The number of esters is 1. The van der Waals surface area contributed by atoms with Gasteiger partial charge in [0.15, 0.2) is 0 Å². The molecule has 0 fully saturated rings. The third-order valence-corrected chi connectivity index (χ3v) is 3.11. The highest BCUT2D eigenvalue weighted by atomic mass is 16.5. The van der Waals surface area contributed by atoms with E-state index in [4.69, 9.17) is 9.84 Å². The largest absolute Gasteiger partial charge is 0.468 e. The first kappa shape index (κ1) is 21.6. The van der Waals surface area contributed by atoms with Crippen molar-refractivity contribution in [3.8, 4) is 11.8 Å². The molecule has 0 saturated heterocycles. The zero-order chi connectivity index (χ0) is 18.4. The van der Waals surface area contributed by atoms with Crippen molar-refractivity contribution in [2.75, 3.05) is 20.4 Å². The minimum Gasteiger partial charge on any atom is -0.468 e. The Bertz CT molecular complexity index is 553. The molecule has 0 bridgehead atoms. The van der Waals surface area contributed by atoms with Crippen LogP contribution >= 0.6 is 0 Å². The number of carbonyl (C=O) groups excluding carboxylic acids is 2. The number of aliphatic hydroxyl groups is 1. The van der Waals surface area contributed by atoms with Crippen LogP contribution in [-0.4, -0.2) is 43.4 Å². The molecule has 3 N–H and O–H groups in total. The highest BCUT2D eigenvalue weighted by molar-refractivity contribution is 5.76. The van der Waals surface area contributed by atoms with Crippen LogP contribution in [0.25, 0.3) is 0 Å². The highest BCUT2D eigenvalue weighted by Gasteiger charge is 2.18. The van der Waals surface area contributed by atoms with Crippen molar-refractivity contribution in [1.29, 1.82) is 0 Å². The fourth-order valence-corrected chi connectivity index (χ4v) is 1.73. The van der Waals surface area contributed by atoms with Gasteiger partial charge in [0, 0.05) is 12.0 Å². The van der Waals surface area contributed by atoms with E-state index in [1.54, 1.807) is 19.1 Å². The Morgan fingerprint density at radius 3 is 2.62 bits per heavy atom. The summed E-state index contributed by atoms with van der Waals surface area (Å²) in [5, 5.41) is 14.3. The van der Waals surface area contributed by atoms with Crippen molar-refractivity contribution >= 4 is 11.9 Å². The van der Waals surface area contributed by atoms with Crippen LogP contribution < -0.4 is 10.6 Å². The summed E-state index contributed by atoms with van der Waals surface area (Å²) in [6.45, 7) is 7.29. The van der Waals surface area contributed by atoms with Gasteiger partial charge >= 0.3 is 5.97 Å². The lowest BCUT2D eigenvalue weighted by molar-refractivity contribution is -0.143. The summed E-state index contributed by atoms with van der Waals surface area (Å²) in [4.78, 5) is 22.8. The number of hydrogen-bond donors (Lipinski definition) is 3. The zero-order valence-corrected chi connectivity index (χ0v) is 14.5. The molecule has 0 rings (SSSR count). The second-order valence-corrected chi connectivity index (χ2v) is 4.74. The maximum Gasteiger partial charge on any atom is 0.323 e. The van der Waals surface area contributed by atoms with Crippen LogP contribution in [0.4, 0.5) is 0 Å². The van der Waals surface area contributed by atoms with Crippen molar-refractivity contribution in [2.24, 2.45) is 0 Å². The molecule has 132 valence electrons. The van der Waals surface area contributed by atoms with E-state index in [0.717, 1.165) is 11.1 Å². The Morgan fingerprint density at radius 1 is 1.42 bits per heavy atom. The first-order valence-corrected chi connectivity index (χ1v) is 7.69. The maximum absolute atomic E-state index is 11.7. The average Bonchev–Trinajstić information content (AvgIpc) is 2.61. The average molecular weight is 334 g/mol. The van der Waals surface area contributed by atoms with E-state index in [1.165, 1.54) is 7.11 Å². The SMILES string of the molecule is C=C/C(=C\C(C#CCNC(=O)CC)=C/C)CC(NCO)C(=O)OC. The summed E-state index contributed by atoms with van der Waals surface area (Å²) >= 11 is 0. The van der Waals surface area contributed by atoms with Gasteiger partial charge in [0.2, 0.25) is 5.91 Å². The molecular formula is C18H26N2O4. The monoisotopic (exact) mass is 334 g/mol. The minimum absolute atomic E-state index is 0.0513. The predicted molar refractivity (Wildman–Crippen MR) is 93.8 cm³/mol. The van der Waals surface area contributed by atoms with Crippen LogP contribution in [0, 0.1) is 11.8 Å². The Balaban J connectivity index is 4.98. The molecule has 6 nitrogen and oxygen atoms in total. The molecule has 0 aliphatic heterocycles. The van der Waals surface area contributed by atoms with Crippen LogP contribution in [0.15, 0.2) is 36.0 Å². The van der Waals surface area contributed by atoms with Gasteiger partial charge in [-0.05, 0) is 25.0 Å². The predicted octanol–water partition coefficient (Wildman–Crippen LogP) is 1.05. The smallest absolute Gasteiger partial charge is 0.323 e. The second kappa shape index (κ2) is 13.1. The number of hydrogen-bond acceptors (Lipinski definition) is 5. The molecule has 1 unspecified atom stereocenters. The van der Waals surface area contributed by atoms with E-state index in [2.05, 4.69) is 29.1 Å². The third kappa shape index (κ3) is 8.93. The molecule has 6 heteroatoms. The first-order chi connectivity index (χ1) is 11.5. The van der Waals surface area contributed by atoms with Crippen LogP contribution in [0.1, 0.15) is 26.7 Å². The summed E-state index contributed by atoms with van der Waals surface area (Å²) in [5.74, 6) is 5.30. The molecule has 0 spiro atoms. The van der Waals surface area contributed by atoms with E-state index in [0.29, 0.717) is 12.8 Å². The van der Waals surface area contributed by atoms with E-state index in [1.807, 2.05) is 13.0 Å². The maximum atomic E-state index is 11.7. The number of rotatable bonds is 9. The number of nitrogens with one attached hydrogen (secondary N) is 2. The van der Waals surface area contributed by atoms with Gasteiger partial charge in [-0.2, -0.15) is 0 Å². The molecule has 0 heterocycles. The van der Waals surface area contributed by atoms with Gasteiger partial charge in [0.25, 0.3) is 0 Å². The van der Waals surface area contributed by atoms with Crippen molar-refractivity contribution in [3.05, 3.63) is 36.0 Å². The van der Waals surface area contributed by atoms with Gasteiger partial charge in [-0.3, -0.25) is 14.9 Å². The number of methoxy groups -OCH3 is 1. The van der Waals surface area contributed by atoms with Gasteiger partial charge < -0.3 is 15.2 Å². The normalized spacial score (nSPS) is 12.7. The molecule has 0 aliphatic rings. The van der Waals surface area contributed by atoms with Gasteiger partial charge in [0.05, 0.1) is 20.4 Å². The number of allylic oxidation sites excluding steroid dienone is 4. The fraction of sp³-hybridized carbons (Fsp3) is 0.444. The van der Waals surface area contributed by atoms with Crippen molar-refractivity contribution in [3.63, 3.8) is 0 Å². The standard InChI is InChI=1S/C18H26N2O4/c1-5-14(9-8-10-19-17(22)7-3)11-15(6-2)12-16(20-13-21)18(23)24-4/h5-6,11,16,20-21H,2,7,10,12-13H2,1,3-4H3,(H,19,22)/b14-5-,15-11+. The van der Waals surface area contributed by atoms with E-state index < -0.39 is 12.0 Å². The number of aliphatic hydroxyl groups excluding tert-OH is 1. The van der Waals surface area contributed by atoms with Crippen LogP contribution in [0.5, 0.6) is 0 Å². The first-order valence-electron chi connectivity index (χ1n) is 7.69. The van der Waals surface area contributed by atoms with Gasteiger partial charge in [-0.25, -0.2) is 0 Å². The zero-order valence-electron chi connectivity index (χ0n) is 14.5. The summed E-state index contributed by atoms with van der Waals surface area (Å²) in [6, 6.07) is -0.667. The summed E-state index contributed by atoms with van der Waals surface area (Å²) < 4.78 is 4.70. The molecular weight excluding hydrogens is 308 g/mol. The molecule has 1 atom stereocenters. The van der Waals surface area contributed by atoms with Crippen molar-refractivity contribution in [1.82, 2.24) is 10.6 Å². The lowest BCUT2D eigenvalue weighted by Gasteiger charge is -2.15. The number of amides is 1. The van der Waals surface area contributed by atoms with E-state index >= 15 is 0 Å². The number of ether oxygens (including phenoxy) is 1. The van der Waals surface area contributed by atoms with Crippen molar-refractivity contribution in [2.45, 2.75) is 32.7 Å². The molecule has 0 radical (unpaired) electrons. The number of carbonyl (C=O) groups is 2. The quantitative estimate of drug-likeness (QED) is 0.254. The fourth-order valence-electron chi connectivity index (χ4n) is 1.73. The summed E-state index contributed by atoms with van der Waals surface area (Å²) in [7, 11) is 1.29. The van der Waals surface area contributed by atoms with Gasteiger partial charge in [-0.15, -0.1) is 0 Å². The van der Waals surface area contributed by atoms with Gasteiger partial charge in [0.1, 0.15) is 6.04 Å². The molecule has 0 saturated carbocycles. The van der Waals surface area contributed by atoms with Crippen molar-refractivity contribution < 1.29 is 19.4 Å². The van der Waals surface area contributed by atoms with Crippen LogP contribution in [0.2, 0.25) is 0 Å². The Morgan fingerprint density at radius 2 is 2.12 bits per heavy atom. The topological polar surface area (TPSA) is 87.7 Å². The molecule has 1 amide bonds. The van der Waals surface area contributed by atoms with Crippen LogP contribution in [0.3, 0.4) is 0 Å². The molecule has 24 heavy (non-hydrogen) atoms. The van der Waals surface area contributed by atoms with Crippen LogP contribution in [-0.2, 0) is 14.3 Å².